The number of hydrogen-bond acceptors (Lipinski definition) is 3. The Hall–Kier alpha value is -1.55. The number of hydrogen-bond donors (Lipinski definition) is 2. The summed E-state index contributed by atoms with van der Waals surface area (Å²) in [6.45, 7) is 4.21. The van der Waals surface area contributed by atoms with Crippen LogP contribution in [0.3, 0.4) is 0 Å². The molecule has 0 aromatic heterocycles. The van der Waals surface area contributed by atoms with E-state index in [1.54, 1.807) is 0 Å². The number of nitrogens with two attached hydrogens (primary N) is 1. The molecule has 1 aromatic rings. The Morgan fingerprint density at radius 3 is 3.11 bits per heavy atom. The van der Waals surface area contributed by atoms with E-state index in [4.69, 9.17) is 10.5 Å². The minimum absolute atomic E-state index is 0.00910. The molecule has 3 N–H and O–H groups in total. The summed E-state index contributed by atoms with van der Waals surface area (Å²) in [5, 5.41) is 2.99. The van der Waals surface area contributed by atoms with E-state index >= 15 is 0 Å². The minimum atomic E-state index is -0.00910. The number of benzene rings is 1. The minimum Gasteiger partial charge on any atom is -0.493 e. The van der Waals surface area contributed by atoms with Gasteiger partial charge in [0.15, 0.2) is 0 Å². The Bertz CT molecular complexity index is 446. The molecule has 0 aliphatic carbocycles. The molecular weight excluding hydrogens is 240 g/mol. The normalized spacial score (nSPS) is 14.6. The van der Waals surface area contributed by atoms with Gasteiger partial charge in [-0.05, 0) is 42.6 Å². The Balaban J connectivity index is 1.92. The number of nitrogens with one attached hydrogen (secondary N) is 1. The first kappa shape index (κ1) is 13.9. The second-order valence-corrected chi connectivity index (χ2v) is 4.98. The number of ether oxygens (including phenoxy) is 1. The van der Waals surface area contributed by atoms with E-state index in [9.17, 15) is 4.79 Å². The molecule has 19 heavy (non-hydrogen) atoms. The summed E-state index contributed by atoms with van der Waals surface area (Å²) in [5.41, 5.74) is 7.40. The maximum atomic E-state index is 12.1. The van der Waals surface area contributed by atoms with E-state index in [0.717, 1.165) is 37.2 Å². The summed E-state index contributed by atoms with van der Waals surface area (Å²) in [4.78, 5) is 12.1. The van der Waals surface area contributed by atoms with Crippen molar-refractivity contribution in [2.45, 2.75) is 26.2 Å². The maximum absolute atomic E-state index is 12.1. The number of fused-ring (bicyclic) bond motifs is 1. The van der Waals surface area contributed by atoms with Gasteiger partial charge in [0, 0.05) is 18.5 Å². The molecule has 0 bridgehead atoms. The number of carbonyl (C=O) groups excluding carboxylic acids is 1. The second-order valence-electron chi connectivity index (χ2n) is 4.98. The lowest BCUT2D eigenvalue weighted by Gasteiger charge is -2.14. The molecule has 0 radical (unpaired) electrons. The van der Waals surface area contributed by atoms with E-state index in [2.05, 4.69) is 12.2 Å². The van der Waals surface area contributed by atoms with Crippen LogP contribution in [0.25, 0.3) is 0 Å². The first-order valence-corrected chi connectivity index (χ1v) is 6.98. The number of rotatable bonds is 6. The average Bonchev–Trinajstić information content (AvgIpc) is 2.90. The fraction of sp³-hybridized carbons (Fsp3) is 0.533. The summed E-state index contributed by atoms with van der Waals surface area (Å²) >= 11 is 0. The van der Waals surface area contributed by atoms with Gasteiger partial charge in [0.2, 0.25) is 0 Å². The SMILES string of the molecule is CCC(CCN)CNC(=O)c1ccc2c(c1)CCO2. The molecule has 1 unspecified atom stereocenters. The van der Waals surface area contributed by atoms with E-state index in [1.807, 2.05) is 18.2 Å². The molecule has 1 atom stereocenters. The Labute approximate surface area is 114 Å². The Morgan fingerprint density at radius 2 is 2.37 bits per heavy atom. The highest BCUT2D eigenvalue weighted by Gasteiger charge is 2.15. The molecule has 1 aliphatic heterocycles. The summed E-state index contributed by atoms with van der Waals surface area (Å²) < 4.78 is 5.44. The van der Waals surface area contributed by atoms with Crippen LogP contribution in [0.1, 0.15) is 35.7 Å². The lowest BCUT2D eigenvalue weighted by molar-refractivity contribution is 0.0946. The molecule has 0 spiro atoms. The van der Waals surface area contributed by atoms with Crippen molar-refractivity contribution in [2.75, 3.05) is 19.7 Å². The molecule has 0 fully saturated rings. The molecule has 1 amide bonds. The van der Waals surface area contributed by atoms with E-state index in [1.165, 1.54) is 0 Å². The molecular formula is C15H22N2O2. The second kappa shape index (κ2) is 6.57. The smallest absolute Gasteiger partial charge is 0.251 e. The van der Waals surface area contributed by atoms with Crippen LogP contribution in [-0.4, -0.2) is 25.6 Å². The molecule has 4 nitrogen and oxygen atoms in total. The Kier molecular flexibility index (Phi) is 4.80. The van der Waals surface area contributed by atoms with Crippen LogP contribution < -0.4 is 15.8 Å². The van der Waals surface area contributed by atoms with Crippen molar-refractivity contribution in [3.05, 3.63) is 29.3 Å². The van der Waals surface area contributed by atoms with Crippen molar-refractivity contribution in [3.63, 3.8) is 0 Å². The molecule has 2 rings (SSSR count). The van der Waals surface area contributed by atoms with Crippen molar-refractivity contribution in [2.24, 2.45) is 11.7 Å². The number of carbonyl (C=O) groups is 1. The van der Waals surface area contributed by atoms with E-state index < -0.39 is 0 Å². The quantitative estimate of drug-likeness (QED) is 0.820. The van der Waals surface area contributed by atoms with Crippen molar-refractivity contribution >= 4 is 5.91 Å². The van der Waals surface area contributed by atoms with Gasteiger partial charge in [0.1, 0.15) is 5.75 Å². The summed E-state index contributed by atoms with van der Waals surface area (Å²) in [7, 11) is 0. The standard InChI is InChI=1S/C15H22N2O2/c1-2-11(5-7-16)10-17-15(18)13-3-4-14-12(9-13)6-8-19-14/h3-4,9,11H,2,5-8,10,16H2,1H3,(H,17,18). The zero-order valence-electron chi connectivity index (χ0n) is 11.4. The van der Waals surface area contributed by atoms with Gasteiger partial charge in [-0.3, -0.25) is 4.79 Å². The highest BCUT2D eigenvalue weighted by atomic mass is 16.5. The predicted octanol–water partition coefficient (Wildman–Crippen LogP) is 1.73. The highest BCUT2D eigenvalue weighted by Crippen LogP contribution is 2.25. The van der Waals surface area contributed by atoms with Gasteiger partial charge in [-0.15, -0.1) is 0 Å². The average molecular weight is 262 g/mol. The first-order chi connectivity index (χ1) is 9.24. The van der Waals surface area contributed by atoms with Crippen LogP contribution in [0.5, 0.6) is 5.75 Å². The lowest BCUT2D eigenvalue weighted by atomic mass is 10.0. The summed E-state index contributed by atoms with van der Waals surface area (Å²) in [5.74, 6) is 1.36. The first-order valence-electron chi connectivity index (χ1n) is 6.98. The largest absolute Gasteiger partial charge is 0.493 e. The third-order valence-corrected chi connectivity index (χ3v) is 3.66. The monoisotopic (exact) mass is 262 g/mol. The third-order valence-electron chi connectivity index (χ3n) is 3.66. The van der Waals surface area contributed by atoms with Crippen LogP contribution in [0.4, 0.5) is 0 Å². The van der Waals surface area contributed by atoms with Crippen molar-refractivity contribution in [3.8, 4) is 5.75 Å². The van der Waals surface area contributed by atoms with Crippen molar-refractivity contribution < 1.29 is 9.53 Å². The van der Waals surface area contributed by atoms with Gasteiger partial charge in [-0.2, -0.15) is 0 Å². The predicted molar refractivity (Wildman–Crippen MR) is 75.4 cm³/mol. The fourth-order valence-electron chi connectivity index (χ4n) is 2.35. The van der Waals surface area contributed by atoms with Gasteiger partial charge < -0.3 is 15.8 Å². The van der Waals surface area contributed by atoms with Gasteiger partial charge in [0.05, 0.1) is 6.61 Å². The van der Waals surface area contributed by atoms with Crippen molar-refractivity contribution in [1.29, 1.82) is 0 Å². The molecule has 1 heterocycles. The molecule has 1 aliphatic rings. The Morgan fingerprint density at radius 1 is 1.53 bits per heavy atom. The van der Waals surface area contributed by atoms with Crippen LogP contribution >= 0.6 is 0 Å². The molecule has 104 valence electrons. The van der Waals surface area contributed by atoms with Gasteiger partial charge in [-0.1, -0.05) is 13.3 Å². The summed E-state index contributed by atoms with van der Waals surface area (Å²) in [6.07, 6.45) is 2.88. The van der Waals surface area contributed by atoms with Crippen LogP contribution in [-0.2, 0) is 6.42 Å². The summed E-state index contributed by atoms with van der Waals surface area (Å²) in [6, 6.07) is 5.64. The van der Waals surface area contributed by atoms with E-state index in [-0.39, 0.29) is 5.91 Å². The molecule has 4 heteroatoms. The molecule has 0 saturated heterocycles. The van der Waals surface area contributed by atoms with Gasteiger partial charge in [-0.25, -0.2) is 0 Å². The van der Waals surface area contributed by atoms with Gasteiger partial charge >= 0.3 is 0 Å². The van der Waals surface area contributed by atoms with Crippen LogP contribution in [0, 0.1) is 5.92 Å². The van der Waals surface area contributed by atoms with Crippen LogP contribution in [0.2, 0.25) is 0 Å². The fourth-order valence-corrected chi connectivity index (χ4v) is 2.35. The topological polar surface area (TPSA) is 64.3 Å². The van der Waals surface area contributed by atoms with Crippen molar-refractivity contribution in [1.82, 2.24) is 5.32 Å². The zero-order valence-corrected chi connectivity index (χ0v) is 11.4. The lowest BCUT2D eigenvalue weighted by Crippen LogP contribution is -2.30. The zero-order chi connectivity index (χ0) is 13.7. The highest BCUT2D eigenvalue weighted by molar-refractivity contribution is 5.94. The maximum Gasteiger partial charge on any atom is 0.251 e. The third kappa shape index (κ3) is 3.47. The molecule has 1 aromatic carbocycles. The number of amides is 1. The van der Waals surface area contributed by atoms with Crippen LogP contribution in [0.15, 0.2) is 18.2 Å². The molecule has 0 saturated carbocycles. The van der Waals surface area contributed by atoms with Gasteiger partial charge in [0.25, 0.3) is 5.91 Å². The van der Waals surface area contributed by atoms with E-state index in [0.29, 0.717) is 24.6 Å².